The van der Waals surface area contributed by atoms with Gasteiger partial charge in [-0.25, -0.2) is 4.98 Å². The van der Waals surface area contributed by atoms with E-state index in [-0.39, 0.29) is 24.8 Å². The van der Waals surface area contributed by atoms with Gasteiger partial charge in [0.15, 0.2) is 11.7 Å². The summed E-state index contributed by atoms with van der Waals surface area (Å²) in [7, 11) is 0. The molecule has 0 aliphatic carbocycles. The lowest BCUT2D eigenvalue weighted by atomic mass is 9.86. The Labute approximate surface area is 130 Å². The number of halogens is 3. The second-order valence-electron chi connectivity index (χ2n) is 5.46. The van der Waals surface area contributed by atoms with Gasteiger partial charge in [-0.15, -0.1) is 11.3 Å². The monoisotopic (exact) mass is 331 g/mol. The van der Waals surface area contributed by atoms with Gasteiger partial charge in [0, 0.05) is 17.0 Å². The summed E-state index contributed by atoms with van der Waals surface area (Å²) in [5, 5.41) is 11.5. The molecule has 1 aliphatic rings. The lowest BCUT2D eigenvalue weighted by Crippen LogP contribution is -2.42. The number of hydrogen-bond donors (Lipinski definition) is 0. The summed E-state index contributed by atoms with van der Waals surface area (Å²) in [6.45, 7) is 1.30. The van der Waals surface area contributed by atoms with E-state index in [2.05, 4.69) is 4.98 Å². The minimum atomic E-state index is -4.22. The first-order valence-corrected chi connectivity index (χ1v) is 7.82. The van der Waals surface area contributed by atoms with Crippen molar-refractivity contribution in [2.75, 3.05) is 19.6 Å². The molecule has 0 saturated carbocycles. The Bertz CT molecular complexity index is 571. The summed E-state index contributed by atoms with van der Waals surface area (Å²) < 4.78 is 37.0. The molecule has 0 spiro atoms. The normalized spacial score (nSPS) is 18.9. The van der Waals surface area contributed by atoms with Crippen molar-refractivity contribution in [3.63, 3.8) is 0 Å². The van der Waals surface area contributed by atoms with Gasteiger partial charge in [-0.2, -0.15) is 18.4 Å². The number of ketones is 1. The minimum absolute atomic E-state index is 0.219. The van der Waals surface area contributed by atoms with Crippen LogP contribution in [0.15, 0.2) is 5.38 Å². The number of alkyl halides is 3. The second-order valence-corrected chi connectivity index (χ2v) is 6.35. The van der Waals surface area contributed by atoms with E-state index in [0.29, 0.717) is 17.8 Å². The molecule has 22 heavy (non-hydrogen) atoms. The number of nitriles is 1. The summed E-state index contributed by atoms with van der Waals surface area (Å²) in [6.07, 6.45) is -3.50. The van der Waals surface area contributed by atoms with Gasteiger partial charge in [0.1, 0.15) is 5.01 Å². The largest absolute Gasteiger partial charge is 0.401 e. The van der Waals surface area contributed by atoms with Crippen molar-refractivity contribution in [2.45, 2.75) is 31.9 Å². The molecule has 1 aromatic heterocycles. The van der Waals surface area contributed by atoms with Crippen LogP contribution in [-0.2, 0) is 4.79 Å². The number of aromatic nitrogens is 1. The van der Waals surface area contributed by atoms with Crippen LogP contribution in [0.4, 0.5) is 13.2 Å². The van der Waals surface area contributed by atoms with Gasteiger partial charge >= 0.3 is 6.18 Å². The Morgan fingerprint density at radius 1 is 1.55 bits per heavy atom. The van der Waals surface area contributed by atoms with Gasteiger partial charge in [0.05, 0.1) is 12.6 Å². The molecule has 2 heterocycles. The fraction of sp³-hybridized carbons (Fsp3) is 0.643. The number of aryl methyl sites for hydroxylation is 1. The number of thiazole rings is 1. The number of hydrogen-bond acceptors (Lipinski definition) is 5. The summed E-state index contributed by atoms with van der Waals surface area (Å²) in [5.41, 5.74) is 0.757. The molecule has 1 aliphatic heterocycles. The number of Topliss-reactive ketones (excluding diaryl/α,β-unsaturated/α-hetero) is 1. The average Bonchev–Trinajstić information content (AvgIpc) is 2.85. The Kier molecular flexibility index (Phi) is 5.19. The van der Waals surface area contributed by atoms with Crippen LogP contribution in [0.25, 0.3) is 0 Å². The zero-order chi connectivity index (χ0) is 16.3. The van der Waals surface area contributed by atoms with E-state index in [4.69, 9.17) is 0 Å². The van der Waals surface area contributed by atoms with E-state index < -0.39 is 18.6 Å². The standard InChI is InChI=1S/C14H16F3N3OS/c1-9-7-22-13(19-9)11(6-18)12(21)10-2-4-20(5-3-10)8-14(15,16)17/h7,10-11H,2-5,8H2,1H3. The highest BCUT2D eigenvalue weighted by molar-refractivity contribution is 7.09. The molecule has 0 amide bonds. The van der Waals surface area contributed by atoms with Crippen molar-refractivity contribution in [3.8, 4) is 6.07 Å². The highest BCUT2D eigenvalue weighted by Crippen LogP contribution is 2.29. The first-order valence-electron chi connectivity index (χ1n) is 6.94. The third kappa shape index (κ3) is 4.27. The lowest BCUT2D eigenvalue weighted by molar-refractivity contribution is -0.149. The molecule has 120 valence electrons. The quantitative estimate of drug-likeness (QED) is 0.851. The van der Waals surface area contributed by atoms with Crippen LogP contribution in [0.5, 0.6) is 0 Å². The van der Waals surface area contributed by atoms with E-state index in [0.717, 1.165) is 5.69 Å². The van der Waals surface area contributed by atoms with Crippen LogP contribution in [-0.4, -0.2) is 41.5 Å². The fourth-order valence-electron chi connectivity index (χ4n) is 2.61. The number of rotatable bonds is 4. The van der Waals surface area contributed by atoms with Crippen molar-refractivity contribution in [1.82, 2.24) is 9.88 Å². The second kappa shape index (κ2) is 6.75. The van der Waals surface area contributed by atoms with Gasteiger partial charge in [-0.1, -0.05) is 0 Å². The fourth-order valence-corrected chi connectivity index (χ4v) is 3.46. The van der Waals surface area contributed by atoms with Crippen LogP contribution in [0.1, 0.15) is 29.5 Å². The predicted octanol–water partition coefficient (Wildman–Crippen LogP) is 2.90. The first-order chi connectivity index (χ1) is 10.3. The van der Waals surface area contributed by atoms with Crippen molar-refractivity contribution >= 4 is 17.1 Å². The molecular weight excluding hydrogens is 315 g/mol. The van der Waals surface area contributed by atoms with Crippen molar-refractivity contribution < 1.29 is 18.0 Å². The van der Waals surface area contributed by atoms with E-state index in [9.17, 15) is 23.2 Å². The molecule has 1 saturated heterocycles. The van der Waals surface area contributed by atoms with Crippen LogP contribution in [0.3, 0.4) is 0 Å². The molecule has 0 N–H and O–H groups in total. The number of nitrogens with zero attached hydrogens (tertiary/aromatic N) is 3. The molecule has 0 aromatic carbocycles. The number of carbonyl (C=O) groups is 1. The zero-order valence-corrected chi connectivity index (χ0v) is 12.9. The molecule has 0 bridgehead atoms. The van der Waals surface area contributed by atoms with Crippen LogP contribution >= 0.6 is 11.3 Å². The molecule has 8 heteroatoms. The summed E-state index contributed by atoms with van der Waals surface area (Å²) >= 11 is 1.27. The maximum Gasteiger partial charge on any atom is 0.401 e. The predicted molar refractivity (Wildman–Crippen MR) is 75.4 cm³/mol. The molecule has 1 atom stereocenters. The maximum atomic E-state index is 12.4. The maximum absolute atomic E-state index is 12.4. The number of likely N-dealkylation sites (tertiary alicyclic amines) is 1. The third-order valence-corrected chi connectivity index (χ3v) is 4.72. The Morgan fingerprint density at radius 3 is 2.64 bits per heavy atom. The average molecular weight is 331 g/mol. The van der Waals surface area contributed by atoms with Crippen LogP contribution in [0.2, 0.25) is 0 Å². The number of piperidine rings is 1. The zero-order valence-electron chi connectivity index (χ0n) is 12.1. The van der Waals surface area contributed by atoms with Crippen molar-refractivity contribution in [1.29, 1.82) is 5.26 Å². The molecule has 4 nitrogen and oxygen atoms in total. The van der Waals surface area contributed by atoms with Crippen molar-refractivity contribution in [3.05, 3.63) is 16.1 Å². The molecule has 0 radical (unpaired) electrons. The summed E-state index contributed by atoms with van der Waals surface area (Å²) in [6, 6.07) is 1.98. The van der Waals surface area contributed by atoms with E-state index >= 15 is 0 Å². The Hall–Kier alpha value is -1.46. The SMILES string of the molecule is Cc1csc(C(C#N)C(=O)C2CCN(CC(F)(F)F)CC2)n1. The minimum Gasteiger partial charge on any atom is -0.297 e. The molecule has 1 unspecified atom stereocenters. The molecule has 2 rings (SSSR count). The van der Waals surface area contributed by atoms with Crippen molar-refractivity contribution in [2.24, 2.45) is 5.92 Å². The third-order valence-electron chi connectivity index (χ3n) is 3.69. The van der Waals surface area contributed by atoms with Gasteiger partial charge < -0.3 is 0 Å². The van der Waals surface area contributed by atoms with E-state index in [1.54, 1.807) is 12.3 Å². The van der Waals surface area contributed by atoms with Gasteiger partial charge in [-0.05, 0) is 32.9 Å². The first kappa shape index (κ1) is 16.9. The van der Waals surface area contributed by atoms with Crippen LogP contribution < -0.4 is 0 Å². The van der Waals surface area contributed by atoms with E-state index in [1.807, 2.05) is 6.07 Å². The molecule has 1 fully saturated rings. The highest BCUT2D eigenvalue weighted by Gasteiger charge is 2.36. The summed E-state index contributed by atoms with van der Waals surface area (Å²) in [5.74, 6) is -1.49. The molecule has 1 aromatic rings. The van der Waals surface area contributed by atoms with E-state index in [1.165, 1.54) is 16.2 Å². The number of carbonyl (C=O) groups excluding carboxylic acids is 1. The van der Waals surface area contributed by atoms with Gasteiger partial charge in [0.2, 0.25) is 0 Å². The lowest BCUT2D eigenvalue weighted by Gasteiger charge is -2.32. The highest BCUT2D eigenvalue weighted by atomic mass is 32.1. The van der Waals surface area contributed by atoms with Gasteiger partial charge in [0.25, 0.3) is 0 Å². The van der Waals surface area contributed by atoms with Gasteiger partial charge in [-0.3, -0.25) is 9.69 Å². The topological polar surface area (TPSA) is 57.0 Å². The van der Waals surface area contributed by atoms with Crippen LogP contribution in [0, 0.1) is 24.2 Å². The smallest absolute Gasteiger partial charge is 0.297 e. The Balaban J connectivity index is 1.96. The molecular formula is C14H16F3N3OS. The Morgan fingerprint density at radius 2 is 2.18 bits per heavy atom. The summed E-state index contributed by atoms with van der Waals surface area (Å²) in [4.78, 5) is 17.9.